The van der Waals surface area contributed by atoms with Crippen LogP contribution in [0.2, 0.25) is 0 Å². The van der Waals surface area contributed by atoms with E-state index in [2.05, 4.69) is 10.3 Å². The van der Waals surface area contributed by atoms with Crippen molar-refractivity contribution >= 4 is 18.0 Å². The minimum Gasteiger partial charge on any atom is -0.459 e. The van der Waals surface area contributed by atoms with Gasteiger partial charge in [0.15, 0.2) is 0 Å². The molecule has 0 saturated carbocycles. The first kappa shape index (κ1) is 20.8. The van der Waals surface area contributed by atoms with Gasteiger partial charge in [0.05, 0.1) is 17.4 Å². The van der Waals surface area contributed by atoms with Crippen molar-refractivity contribution < 1.29 is 14.3 Å². The Labute approximate surface area is 164 Å². The van der Waals surface area contributed by atoms with Crippen LogP contribution in [0.5, 0.6) is 0 Å². The summed E-state index contributed by atoms with van der Waals surface area (Å²) in [5.41, 5.74) is 1.95. The minimum atomic E-state index is -0.447. The van der Waals surface area contributed by atoms with Gasteiger partial charge in [-0.3, -0.25) is 9.59 Å². The van der Waals surface area contributed by atoms with E-state index in [0.717, 1.165) is 18.4 Å². The Morgan fingerprint density at radius 2 is 1.96 bits per heavy atom. The molecule has 2 aromatic rings. The molecule has 0 fully saturated rings. The van der Waals surface area contributed by atoms with Crippen LogP contribution in [0.25, 0.3) is 6.08 Å². The number of esters is 1. The maximum atomic E-state index is 12.6. The van der Waals surface area contributed by atoms with Crippen LogP contribution in [0.4, 0.5) is 0 Å². The lowest BCUT2D eigenvalue weighted by Crippen LogP contribution is -2.29. The molecular weight excluding hydrogens is 354 g/mol. The molecule has 0 aliphatic heterocycles. The highest BCUT2D eigenvalue weighted by atomic mass is 16.5. The van der Waals surface area contributed by atoms with Crippen molar-refractivity contribution in [2.24, 2.45) is 0 Å². The summed E-state index contributed by atoms with van der Waals surface area (Å²) in [6, 6.07) is 16.6. The van der Waals surface area contributed by atoms with Crippen LogP contribution in [0.3, 0.4) is 0 Å². The summed E-state index contributed by atoms with van der Waals surface area (Å²) in [6.07, 6.45) is 3.09. The molecule has 1 atom stereocenters. The van der Waals surface area contributed by atoms with Crippen molar-refractivity contribution in [3.8, 4) is 6.07 Å². The second-order valence-electron chi connectivity index (χ2n) is 6.23. The molecule has 144 valence electrons. The molecule has 1 heterocycles. The first-order valence-electron chi connectivity index (χ1n) is 9.10. The molecule has 0 spiro atoms. The maximum absolute atomic E-state index is 12.6. The average molecular weight is 377 g/mol. The topological polar surface area (TPSA) is 92.1 Å². The first-order chi connectivity index (χ1) is 13.5. The highest BCUT2D eigenvalue weighted by molar-refractivity contribution is 6.01. The third kappa shape index (κ3) is 6.36. The van der Waals surface area contributed by atoms with Gasteiger partial charge in [-0.1, -0.05) is 49.7 Å². The molecule has 1 amide bonds. The fourth-order valence-corrected chi connectivity index (χ4v) is 2.66. The molecule has 28 heavy (non-hydrogen) atoms. The summed E-state index contributed by atoms with van der Waals surface area (Å²) in [4.78, 5) is 27.9. The van der Waals surface area contributed by atoms with E-state index in [-0.39, 0.29) is 18.2 Å². The summed E-state index contributed by atoms with van der Waals surface area (Å²) >= 11 is 0. The van der Waals surface area contributed by atoms with Gasteiger partial charge in [-0.05, 0) is 30.2 Å². The van der Waals surface area contributed by atoms with Gasteiger partial charge in [-0.25, -0.2) is 4.98 Å². The molecule has 1 aromatic heterocycles. The van der Waals surface area contributed by atoms with E-state index in [1.165, 1.54) is 13.0 Å². The molecule has 1 aromatic carbocycles. The lowest BCUT2D eigenvalue weighted by molar-refractivity contribution is -0.142. The number of carbonyl (C=O) groups excluding carboxylic acids is 2. The van der Waals surface area contributed by atoms with Crippen LogP contribution in [0, 0.1) is 11.3 Å². The van der Waals surface area contributed by atoms with Crippen LogP contribution in [-0.4, -0.2) is 16.9 Å². The van der Waals surface area contributed by atoms with E-state index in [0.29, 0.717) is 11.4 Å². The largest absolute Gasteiger partial charge is 0.459 e. The predicted molar refractivity (Wildman–Crippen MR) is 106 cm³/mol. The summed E-state index contributed by atoms with van der Waals surface area (Å²) in [5.74, 6) is -0.847. The Kier molecular flexibility index (Phi) is 7.92. The molecule has 0 aliphatic rings. The standard InChI is InChI=1S/C22H23N3O3/c1-3-8-21(17-9-5-4-6-10-17)25-22(27)18(14-23)13-19-11-7-12-20(24-19)15-28-16(2)26/h4-7,9-13,21H,3,8,15H2,1-2H3,(H,25,27)/b18-13+/t21-/m0/s1. The number of hydrogen-bond donors (Lipinski definition) is 1. The van der Waals surface area contributed by atoms with Gasteiger partial charge in [0.2, 0.25) is 0 Å². The number of rotatable bonds is 8. The molecule has 0 bridgehead atoms. The Hall–Kier alpha value is -3.46. The zero-order valence-corrected chi connectivity index (χ0v) is 16.0. The van der Waals surface area contributed by atoms with Crippen LogP contribution in [0.1, 0.15) is 49.7 Å². The lowest BCUT2D eigenvalue weighted by Gasteiger charge is -2.18. The molecule has 1 N–H and O–H groups in total. The number of nitrogens with one attached hydrogen (secondary N) is 1. The highest BCUT2D eigenvalue weighted by Crippen LogP contribution is 2.19. The fourth-order valence-electron chi connectivity index (χ4n) is 2.66. The Morgan fingerprint density at radius 3 is 2.61 bits per heavy atom. The summed E-state index contributed by atoms with van der Waals surface area (Å²) in [7, 11) is 0. The zero-order valence-electron chi connectivity index (χ0n) is 16.0. The number of nitriles is 1. The second-order valence-corrected chi connectivity index (χ2v) is 6.23. The van der Waals surface area contributed by atoms with Gasteiger partial charge in [-0.2, -0.15) is 5.26 Å². The second kappa shape index (κ2) is 10.6. The number of nitrogens with zero attached hydrogens (tertiary/aromatic N) is 2. The zero-order chi connectivity index (χ0) is 20.4. The normalized spacial score (nSPS) is 12.0. The number of amides is 1. The van der Waals surface area contributed by atoms with E-state index in [1.54, 1.807) is 18.2 Å². The van der Waals surface area contributed by atoms with E-state index >= 15 is 0 Å². The van der Waals surface area contributed by atoms with Crippen molar-refractivity contribution in [2.75, 3.05) is 0 Å². The number of hydrogen-bond acceptors (Lipinski definition) is 5. The van der Waals surface area contributed by atoms with Gasteiger partial charge in [0.1, 0.15) is 18.2 Å². The average Bonchev–Trinajstić information content (AvgIpc) is 2.71. The number of benzene rings is 1. The Bertz CT molecular complexity index is 885. The first-order valence-corrected chi connectivity index (χ1v) is 9.10. The number of aromatic nitrogens is 1. The molecule has 6 heteroatoms. The monoisotopic (exact) mass is 377 g/mol. The maximum Gasteiger partial charge on any atom is 0.303 e. The van der Waals surface area contributed by atoms with Crippen LogP contribution >= 0.6 is 0 Å². The summed E-state index contributed by atoms with van der Waals surface area (Å²) in [6.45, 7) is 3.40. The van der Waals surface area contributed by atoms with Crippen LogP contribution in [0.15, 0.2) is 54.1 Å². The molecule has 0 radical (unpaired) electrons. The minimum absolute atomic E-state index is 0.0332. The van der Waals surface area contributed by atoms with Crippen molar-refractivity contribution in [1.82, 2.24) is 10.3 Å². The smallest absolute Gasteiger partial charge is 0.303 e. The Morgan fingerprint density at radius 1 is 1.21 bits per heavy atom. The molecule has 0 saturated heterocycles. The predicted octanol–water partition coefficient (Wildman–Crippen LogP) is 3.71. The van der Waals surface area contributed by atoms with Crippen molar-refractivity contribution in [2.45, 2.75) is 39.3 Å². The number of ether oxygens (including phenoxy) is 1. The van der Waals surface area contributed by atoms with Crippen LogP contribution in [-0.2, 0) is 20.9 Å². The van der Waals surface area contributed by atoms with Gasteiger partial charge in [0, 0.05) is 6.92 Å². The van der Waals surface area contributed by atoms with E-state index < -0.39 is 11.9 Å². The molecule has 0 unspecified atom stereocenters. The van der Waals surface area contributed by atoms with Gasteiger partial charge < -0.3 is 10.1 Å². The summed E-state index contributed by atoms with van der Waals surface area (Å²) in [5, 5.41) is 12.4. The van der Waals surface area contributed by atoms with Gasteiger partial charge in [-0.15, -0.1) is 0 Å². The van der Waals surface area contributed by atoms with Gasteiger partial charge >= 0.3 is 5.97 Å². The van der Waals surface area contributed by atoms with Crippen molar-refractivity contribution in [3.05, 3.63) is 71.1 Å². The van der Waals surface area contributed by atoms with Gasteiger partial charge in [0.25, 0.3) is 5.91 Å². The molecule has 2 rings (SSSR count). The Balaban J connectivity index is 2.17. The third-order valence-electron chi connectivity index (χ3n) is 3.99. The van der Waals surface area contributed by atoms with E-state index in [4.69, 9.17) is 4.74 Å². The van der Waals surface area contributed by atoms with Crippen molar-refractivity contribution in [3.63, 3.8) is 0 Å². The van der Waals surface area contributed by atoms with E-state index in [9.17, 15) is 14.9 Å². The third-order valence-corrected chi connectivity index (χ3v) is 3.99. The lowest BCUT2D eigenvalue weighted by atomic mass is 10.0. The molecule has 0 aliphatic carbocycles. The summed E-state index contributed by atoms with van der Waals surface area (Å²) < 4.78 is 4.92. The molecule has 6 nitrogen and oxygen atoms in total. The fraction of sp³-hybridized carbons (Fsp3) is 0.273. The van der Waals surface area contributed by atoms with Crippen LogP contribution < -0.4 is 5.32 Å². The molecular formula is C22H23N3O3. The highest BCUT2D eigenvalue weighted by Gasteiger charge is 2.17. The quantitative estimate of drug-likeness (QED) is 0.430. The SMILES string of the molecule is CCC[C@H](NC(=O)/C(C#N)=C/c1cccc(COC(C)=O)n1)c1ccccc1. The van der Waals surface area contributed by atoms with E-state index in [1.807, 2.05) is 43.3 Å². The number of carbonyl (C=O) groups is 2. The van der Waals surface area contributed by atoms with Crippen molar-refractivity contribution in [1.29, 1.82) is 5.26 Å². The number of pyridine rings is 1.